The highest BCUT2D eigenvalue weighted by atomic mass is 16.5. The summed E-state index contributed by atoms with van der Waals surface area (Å²) in [5.74, 6) is -1.16. The van der Waals surface area contributed by atoms with E-state index in [1.54, 1.807) is 0 Å². The summed E-state index contributed by atoms with van der Waals surface area (Å²) in [4.78, 5) is 29.7. The molecule has 0 aromatic carbocycles. The van der Waals surface area contributed by atoms with Crippen LogP contribution in [-0.4, -0.2) is 39.8 Å². The Morgan fingerprint density at radius 2 is 2.17 bits per heavy atom. The predicted molar refractivity (Wildman–Crippen MR) is 61.8 cm³/mol. The Labute approximate surface area is 104 Å². The number of alkyl carbamates (subject to hydrolysis) is 1. The molecule has 0 unspecified atom stereocenters. The molecule has 0 aliphatic carbocycles. The van der Waals surface area contributed by atoms with E-state index in [1.807, 2.05) is 0 Å². The molecular formula is C11H13N3O4. The molecule has 2 N–H and O–H groups in total. The minimum Gasteiger partial charge on any atom is -0.480 e. The lowest BCUT2D eigenvalue weighted by molar-refractivity contribution is -0.139. The van der Waals surface area contributed by atoms with Crippen LogP contribution in [0, 0.1) is 0 Å². The van der Waals surface area contributed by atoms with Crippen LogP contribution in [-0.2, 0) is 16.0 Å². The highest BCUT2D eigenvalue weighted by Crippen LogP contribution is 2.00. The lowest BCUT2D eigenvalue weighted by Crippen LogP contribution is -2.42. The second-order valence-electron chi connectivity index (χ2n) is 3.37. The summed E-state index contributed by atoms with van der Waals surface area (Å²) in [6.07, 6.45) is 4.98. The smallest absolute Gasteiger partial charge is 0.408 e. The van der Waals surface area contributed by atoms with Crippen LogP contribution in [0.15, 0.2) is 31.4 Å². The SMILES string of the molecule is C=CCOC(=O)N[C@@H](Cc1cncnc1)C(=O)O. The van der Waals surface area contributed by atoms with E-state index < -0.39 is 18.1 Å². The number of ether oxygens (including phenoxy) is 1. The van der Waals surface area contributed by atoms with Gasteiger partial charge in [0.15, 0.2) is 0 Å². The molecule has 0 saturated heterocycles. The van der Waals surface area contributed by atoms with E-state index in [0.29, 0.717) is 5.56 Å². The van der Waals surface area contributed by atoms with Crippen molar-refractivity contribution < 1.29 is 19.4 Å². The van der Waals surface area contributed by atoms with Gasteiger partial charge in [0.05, 0.1) is 0 Å². The molecule has 0 spiro atoms. The molecule has 1 heterocycles. The van der Waals surface area contributed by atoms with E-state index in [2.05, 4.69) is 26.6 Å². The van der Waals surface area contributed by atoms with E-state index in [4.69, 9.17) is 5.11 Å². The lowest BCUT2D eigenvalue weighted by Gasteiger charge is -2.13. The molecule has 1 rings (SSSR count). The van der Waals surface area contributed by atoms with Crippen LogP contribution in [0.25, 0.3) is 0 Å². The van der Waals surface area contributed by atoms with Gasteiger partial charge in [0.1, 0.15) is 19.0 Å². The first-order valence-electron chi connectivity index (χ1n) is 5.14. The average molecular weight is 251 g/mol. The number of carbonyl (C=O) groups excluding carboxylic acids is 1. The minimum absolute atomic E-state index is 0.0205. The fourth-order valence-corrected chi connectivity index (χ4v) is 1.19. The van der Waals surface area contributed by atoms with Gasteiger partial charge in [0, 0.05) is 18.8 Å². The molecule has 1 aromatic heterocycles. The Balaban J connectivity index is 2.58. The molecule has 0 aliphatic heterocycles. The van der Waals surface area contributed by atoms with E-state index in [-0.39, 0.29) is 13.0 Å². The van der Waals surface area contributed by atoms with Gasteiger partial charge in [-0.25, -0.2) is 19.6 Å². The van der Waals surface area contributed by atoms with Gasteiger partial charge >= 0.3 is 12.1 Å². The number of carboxylic acid groups (broad SMARTS) is 1. The maximum absolute atomic E-state index is 11.2. The first kappa shape index (κ1) is 13.6. The van der Waals surface area contributed by atoms with Crippen molar-refractivity contribution in [2.45, 2.75) is 12.5 Å². The molecule has 96 valence electrons. The highest BCUT2D eigenvalue weighted by Gasteiger charge is 2.21. The van der Waals surface area contributed by atoms with E-state index in [1.165, 1.54) is 24.8 Å². The standard InChI is InChI=1S/C11H13N3O4/c1-2-3-18-11(17)14-9(10(15)16)4-8-5-12-7-13-6-8/h2,5-7,9H,1,3-4H2,(H,14,17)(H,15,16)/t9-/m0/s1. The molecule has 7 nitrogen and oxygen atoms in total. The number of carboxylic acids is 1. The molecule has 0 aliphatic rings. The predicted octanol–water partition coefficient (Wildman–Crippen LogP) is 0.385. The number of hydrogen-bond acceptors (Lipinski definition) is 5. The minimum atomic E-state index is -1.16. The van der Waals surface area contributed by atoms with Crippen molar-refractivity contribution >= 4 is 12.1 Å². The summed E-state index contributed by atoms with van der Waals surface area (Å²) in [7, 11) is 0. The van der Waals surface area contributed by atoms with Gasteiger partial charge in [0.25, 0.3) is 0 Å². The fourth-order valence-electron chi connectivity index (χ4n) is 1.19. The molecule has 0 fully saturated rings. The Kier molecular flexibility index (Phi) is 5.30. The second kappa shape index (κ2) is 7.00. The lowest BCUT2D eigenvalue weighted by atomic mass is 10.1. The molecular weight excluding hydrogens is 238 g/mol. The van der Waals surface area contributed by atoms with Gasteiger partial charge in [-0.3, -0.25) is 0 Å². The summed E-state index contributed by atoms with van der Waals surface area (Å²) >= 11 is 0. The van der Waals surface area contributed by atoms with Crippen molar-refractivity contribution in [3.05, 3.63) is 36.9 Å². The third kappa shape index (κ3) is 4.60. The molecule has 0 radical (unpaired) electrons. The average Bonchev–Trinajstić information content (AvgIpc) is 2.36. The zero-order valence-corrected chi connectivity index (χ0v) is 9.57. The maximum Gasteiger partial charge on any atom is 0.408 e. The molecule has 1 atom stereocenters. The van der Waals surface area contributed by atoms with Crippen LogP contribution in [0.2, 0.25) is 0 Å². The summed E-state index contributed by atoms with van der Waals surface area (Å²) in [6.45, 7) is 3.40. The largest absolute Gasteiger partial charge is 0.480 e. The van der Waals surface area contributed by atoms with Crippen molar-refractivity contribution in [1.82, 2.24) is 15.3 Å². The Bertz CT molecular complexity index is 422. The Morgan fingerprint density at radius 3 is 2.72 bits per heavy atom. The number of rotatable bonds is 6. The van der Waals surface area contributed by atoms with Gasteiger partial charge in [-0.2, -0.15) is 0 Å². The van der Waals surface area contributed by atoms with Crippen molar-refractivity contribution in [2.75, 3.05) is 6.61 Å². The summed E-state index contributed by atoms with van der Waals surface area (Å²) in [5.41, 5.74) is 0.605. The molecule has 1 aromatic rings. The van der Waals surface area contributed by atoms with Gasteiger partial charge in [-0.15, -0.1) is 0 Å². The van der Waals surface area contributed by atoms with Crippen LogP contribution in [0.4, 0.5) is 4.79 Å². The number of aromatic nitrogens is 2. The van der Waals surface area contributed by atoms with Crippen LogP contribution < -0.4 is 5.32 Å². The van der Waals surface area contributed by atoms with Gasteiger partial charge in [0.2, 0.25) is 0 Å². The second-order valence-corrected chi connectivity index (χ2v) is 3.37. The monoisotopic (exact) mass is 251 g/mol. The maximum atomic E-state index is 11.2. The van der Waals surface area contributed by atoms with Gasteiger partial charge in [-0.05, 0) is 5.56 Å². The molecule has 7 heteroatoms. The Morgan fingerprint density at radius 1 is 1.50 bits per heavy atom. The van der Waals surface area contributed by atoms with Crippen molar-refractivity contribution in [2.24, 2.45) is 0 Å². The zero-order chi connectivity index (χ0) is 13.4. The molecule has 0 bridgehead atoms. The molecule has 18 heavy (non-hydrogen) atoms. The third-order valence-electron chi connectivity index (χ3n) is 1.98. The number of amides is 1. The van der Waals surface area contributed by atoms with Crippen LogP contribution in [0.3, 0.4) is 0 Å². The molecule has 1 amide bonds. The van der Waals surface area contributed by atoms with Gasteiger partial charge < -0.3 is 15.2 Å². The van der Waals surface area contributed by atoms with Crippen molar-refractivity contribution in [3.63, 3.8) is 0 Å². The number of nitrogens with zero attached hydrogens (tertiary/aromatic N) is 2. The fraction of sp³-hybridized carbons (Fsp3) is 0.273. The van der Waals surface area contributed by atoms with Gasteiger partial charge in [-0.1, -0.05) is 12.7 Å². The number of nitrogens with one attached hydrogen (secondary N) is 1. The Hall–Kier alpha value is -2.44. The quantitative estimate of drug-likeness (QED) is 0.709. The number of carbonyl (C=O) groups is 2. The van der Waals surface area contributed by atoms with Crippen LogP contribution in [0.5, 0.6) is 0 Å². The highest BCUT2D eigenvalue weighted by molar-refractivity contribution is 5.80. The zero-order valence-electron chi connectivity index (χ0n) is 9.57. The summed E-state index contributed by atoms with van der Waals surface area (Å²) in [6, 6.07) is -1.09. The van der Waals surface area contributed by atoms with E-state index in [9.17, 15) is 9.59 Å². The van der Waals surface area contributed by atoms with Crippen molar-refractivity contribution in [3.8, 4) is 0 Å². The topological polar surface area (TPSA) is 101 Å². The summed E-state index contributed by atoms with van der Waals surface area (Å²) < 4.78 is 4.65. The van der Waals surface area contributed by atoms with E-state index >= 15 is 0 Å². The first-order valence-corrected chi connectivity index (χ1v) is 5.14. The third-order valence-corrected chi connectivity index (χ3v) is 1.98. The van der Waals surface area contributed by atoms with E-state index in [0.717, 1.165) is 0 Å². The normalized spacial score (nSPS) is 11.3. The van der Waals surface area contributed by atoms with Crippen LogP contribution >= 0.6 is 0 Å². The summed E-state index contributed by atoms with van der Waals surface area (Å²) in [5, 5.41) is 11.2. The van der Waals surface area contributed by atoms with Crippen molar-refractivity contribution in [1.29, 1.82) is 0 Å². The molecule has 0 saturated carbocycles. The van der Waals surface area contributed by atoms with Crippen LogP contribution in [0.1, 0.15) is 5.56 Å². The number of aliphatic carboxylic acids is 1. The number of hydrogen-bond donors (Lipinski definition) is 2. The first-order chi connectivity index (χ1) is 8.63.